The summed E-state index contributed by atoms with van der Waals surface area (Å²) in [5, 5.41) is 12.5. The molecule has 0 saturated heterocycles. The summed E-state index contributed by atoms with van der Waals surface area (Å²) in [4.78, 5) is 12.5. The van der Waals surface area contributed by atoms with E-state index in [9.17, 15) is 4.79 Å². The van der Waals surface area contributed by atoms with E-state index in [1.54, 1.807) is 31.4 Å². The average Bonchev–Trinajstić information content (AvgIpc) is 3.16. The minimum absolute atomic E-state index is 0.0297. The minimum atomic E-state index is -0.275. The van der Waals surface area contributed by atoms with Crippen LogP contribution in [0.15, 0.2) is 60.3 Å². The molecule has 0 spiro atoms. The first-order valence-corrected chi connectivity index (χ1v) is 11.4. The number of hydrogen-bond donors (Lipinski definition) is 1. The second-order valence-corrected chi connectivity index (χ2v) is 8.32. The second-order valence-electron chi connectivity index (χ2n) is 6.47. The Kier molecular flexibility index (Phi) is 8.84. The maximum absolute atomic E-state index is 12.5. The number of methoxy groups -OCH3 is 1. The number of carbonyl (C=O) groups excluding carboxylic acids is 1. The number of anilines is 1. The number of nitrogens with zero attached hydrogens (tertiary/aromatic N) is 3. The maximum Gasteiger partial charge on any atom is 0.232 e. The van der Waals surface area contributed by atoms with Crippen molar-refractivity contribution in [2.24, 2.45) is 0 Å². The van der Waals surface area contributed by atoms with E-state index in [1.807, 2.05) is 28.8 Å². The van der Waals surface area contributed by atoms with Gasteiger partial charge >= 0.3 is 0 Å². The average molecular weight is 493 g/mol. The summed E-state index contributed by atoms with van der Waals surface area (Å²) in [6.45, 7) is 4.71. The standard InChI is InChI=1S/C22H22Cl2N4O3S/c1-3-11-28-19(14-20(29)25-16-8-6-7-15(23)21(16)24)26-27-22(28)32-13-12-31-18-10-5-4-9-17(18)30-2/h3-10H,1,11-14H2,2H3,(H,25,29). The van der Waals surface area contributed by atoms with Gasteiger partial charge in [-0.3, -0.25) is 4.79 Å². The fourth-order valence-corrected chi connectivity index (χ4v) is 3.96. The summed E-state index contributed by atoms with van der Waals surface area (Å²) in [5.74, 6) is 2.25. The zero-order valence-corrected chi connectivity index (χ0v) is 19.7. The molecule has 2 aromatic carbocycles. The lowest BCUT2D eigenvalue weighted by Crippen LogP contribution is -2.18. The predicted molar refractivity (Wildman–Crippen MR) is 128 cm³/mol. The van der Waals surface area contributed by atoms with Crippen molar-refractivity contribution in [3.63, 3.8) is 0 Å². The van der Waals surface area contributed by atoms with Crippen LogP contribution in [0.1, 0.15) is 5.82 Å². The van der Waals surface area contributed by atoms with Crippen LogP contribution >= 0.6 is 35.0 Å². The highest BCUT2D eigenvalue weighted by molar-refractivity contribution is 7.99. The van der Waals surface area contributed by atoms with E-state index in [0.717, 1.165) is 0 Å². The largest absolute Gasteiger partial charge is 0.493 e. The molecule has 1 heterocycles. The molecule has 0 aliphatic rings. The fraction of sp³-hybridized carbons (Fsp3) is 0.227. The number of allylic oxidation sites excluding steroid dienone is 1. The molecule has 32 heavy (non-hydrogen) atoms. The molecule has 168 valence electrons. The number of para-hydroxylation sites is 2. The van der Waals surface area contributed by atoms with Crippen molar-refractivity contribution in [3.05, 3.63) is 71.0 Å². The Labute approximate surface area is 200 Å². The van der Waals surface area contributed by atoms with Crippen LogP contribution < -0.4 is 14.8 Å². The lowest BCUT2D eigenvalue weighted by atomic mass is 10.3. The first-order chi connectivity index (χ1) is 15.5. The van der Waals surface area contributed by atoms with Crippen LogP contribution in [0, 0.1) is 0 Å². The maximum atomic E-state index is 12.5. The first kappa shape index (κ1) is 24.0. The summed E-state index contributed by atoms with van der Waals surface area (Å²) in [6, 6.07) is 12.5. The monoisotopic (exact) mass is 492 g/mol. The van der Waals surface area contributed by atoms with E-state index in [1.165, 1.54) is 11.8 Å². The lowest BCUT2D eigenvalue weighted by molar-refractivity contribution is -0.115. The second kappa shape index (κ2) is 11.8. The van der Waals surface area contributed by atoms with E-state index in [2.05, 4.69) is 22.1 Å². The zero-order valence-electron chi connectivity index (χ0n) is 17.4. The van der Waals surface area contributed by atoms with Gasteiger partial charge in [0, 0.05) is 12.3 Å². The summed E-state index contributed by atoms with van der Waals surface area (Å²) in [6.07, 6.45) is 1.76. The van der Waals surface area contributed by atoms with Gasteiger partial charge in [-0.25, -0.2) is 0 Å². The van der Waals surface area contributed by atoms with Gasteiger partial charge in [0.1, 0.15) is 5.82 Å². The summed E-state index contributed by atoms with van der Waals surface area (Å²) >= 11 is 13.6. The third-order valence-electron chi connectivity index (χ3n) is 4.29. The normalized spacial score (nSPS) is 10.6. The van der Waals surface area contributed by atoms with E-state index in [0.29, 0.717) is 57.1 Å². The molecule has 3 rings (SSSR count). The van der Waals surface area contributed by atoms with Gasteiger partial charge in [-0.2, -0.15) is 0 Å². The SMILES string of the molecule is C=CCn1c(CC(=O)Nc2cccc(Cl)c2Cl)nnc1SCCOc1ccccc1OC. The van der Waals surface area contributed by atoms with Gasteiger partial charge in [0.15, 0.2) is 16.7 Å². The Morgan fingerprint density at radius 2 is 1.97 bits per heavy atom. The first-order valence-electron chi connectivity index (χ1n) is 9.69. The van der Waals surface area contributed by atoms with E-state index < -0.39 is 0 Å². The molecular formula is C22H22Cl2N4O3S. The van der Waals surface area contributed by atoms with Crippen LogP contribution in [0.25, 0.3) is 0 Å². The number of halogens is 2. The smallest absolute Gasteiger partial charge is 0.232 e. The van der Waals surface area contributed by atoms with Crippen molar-refractivity contribution in [2.75, 3.05) is 24.8 Å². The zero-order chi connectivity index (χ0) is 22.9. The number of ether oxygens (including phenoxy) is 2. The molecule has 0 atom stereocenters. The van der Waals surface area contributed by atoms with Gasteiger partial charge in [-0.15, -0.1) is 16.8 Å². The van der Waals surface area contributed by atoms with Gasteiger partial charge in [-0.1, -0.05) is 59.2 Å². The van der Waals surface area contributed by atoms with Gasteiger partial charge in [0.2, 0.25) is 5.91 Å². The summed E-state index contributed by atoms with van der Waals surface area (Å²) < 4.78 is 12.9. The van der Waals surface area contributed by atoms with Crippen molar-refractivity contribution >= 4 is 46.6 Å². The molecule has 0 bridgehead atoms. The van der Waals surface area contributed by atoms with Crippen molar-refractivity contribution in [1.29, 1.82) is 0 Å². The van der Waals surface area contributed by atoms with E-state index >= 15 is 0 Å². The quantitative estimate of drug-likeness (QED) is 0.227. The van der Waals surface area contributed by atoms with Crippen molar-refractivity contribution in [1.82, 2.24) is 14.8 Å². The van der Waals surface area contributed by atoms with E-state index in [-0.39, 0.29) is 12.3 Å². The van der Waals surface area contributed by atoms with Crippen molar-refractivity contribution in [2.45, 2.75) is 18.1 Å². The third kappa shape index (κ3) is 6.18. The van der Waals surface area contributed by atoms with Crippen molar-refractivity contribution in [3.8, 4) is 11.5 Å². The highest BCUT2D eigenvalue weighted by Gasteiger charge is 2.16. The number of hydrogen-bond acceptors (Lipinski definition) is 6. The Morgan fingerprint density at radius 1 is 1.19 bits per heavy atom. The van der Waals surface area contributed by atoms with Gasteiger partial charge in [-0.05, 0) is 24.3 Å². The molecule has 10 heteroatoms. The predicted octanol–water partition coefficient (Wildman–Crippen LogP) is 5.13. The Bertz CT molecular complexity index is 1090. The summed E-state index contributed by atoms with van der Waals surface area (Å²) in [7, 11) is 1.60. The van der Waals surface area contributed by atoms with Gasteiger partial charge in [0.05, 0.1) is 35.9 Å². The fourth-order valence-electron chi connectivity index (χ4n) is 2.83. The molecule has 1 amide bonds. The topological polar surface area (TPSA) is 78.3 Å². The molecule has 1 N–H and O–H groups in total. The van der Waals surface area contributed by atoms with Crippen molar-refractivity contribution < 1.29 is 14.3 Å². The van der Waals surface area contributed by atoms with Crippen LogP contribution in [-0.2, 0) is 17.8 Å². The number of aromatic nitrogens is 3. The van der Waals surface area contributed by atoms with Crippen LogP contribution in [0.5, 0.6) is 11.5 Å². The van der Waals surface area contributed by atoms with Crippen LogP contribution in [-0.4, -0.2) is 40.1 Å². The Morgan fingerprint density at radius 3 is 2.72 bits per heavy atom. The highest BCUT2D eigenvalue weighted by atomic mass is 35.5. The Balaban J connectivity index is 1.60. The molecular weight excluding hydrogens is 471 g/mol. The van der Waals surface area contributed by atoms with Crippen LogP contribution in [0.3, 0.4) is 0 Å². The van der Waals surface area contributed by atoms with Gasteiger partial charge < -0.3 is 19.4 Å². The number of thioether (sulfide) groups is 1. The minimum Gasteiger partial charge on any atom is -0.493 e. The molecule has 0 aliphatic carbocycles. The Hall–Kier alpha value is -2.68. The molecule has 0 aliphatic heterocycles. The molecule has 1 aromatic heterocycles. The number of amides is 1. The number of carbonyl (C=O) groups is 1. The highest BCUT2D eigenvalue weighted by Crippen LogP contribution is 2.30. The molecule has 0 saturated carbocycles. The number of nitrogens with one attached hydrogen (secondary N) is 1. The number of rotatable bonds is 11. The van der Waals surface area contributed by atoms with Crippen LogP contribution in [0.2, 0.25) is 10.0 Å². The molecule has 0 fully saturated rings. The van der Waals surface area contributed by atoms with Gasteiger partial charge in [0.25, 0.3) is 0 Å². The molecule has 0 unspecified atom stereocenters. The van der Waals surface area contributed by atoms with E-state index in [4.69, 9.17) is 32.7 Å². The molecule has 0 radical (unpaired) electrons. The van der Waals surface area contributed by atoms with Crippen LogP contribution in [0.4, 0.5) is 5.69 Å². The summed E-state index contributed by atoms with van der Waals surface area (Å²) in [5.41, 5.74) is 0.446. The molecule has 7 nitrogen and oxygen atoms in total. The molecule has 3 aromatic rings. The number of benzene rings is 2. The third-order valence-corrected chi connectivity index (χ3v) is 6.04. The lowest BCUT2D eigenvalue weighted by Gasteiger charge is -2.11.